The molecule has 1 fully saturated rings. The normalized spacial score (nSPS) is 14.7. The molecule has 0 bridgehead atoms. The van der Waals surface area contributed by atoms with Crippen molar-refractivity contribution in [1.82, 2.24) is 5.32 Å². The summed E-state index contributed by atoms with van der Waals surface area (Å²) in [5.41, 5.74) is 3.86. The highest BCUT2D eigenvalue weighted by atomic mass is 35.5. The predicted octanol–water partition coefficient (Wildman–Crippen LogP) is 4.90. The molecule has 0 radical (unpaired) electrons. The standard InChI is InChI=1S/C28H31NO5.ClH/c30-26(21-9-5-2-6-10-21)19-29-16-13-24-23(20-7-3-1-4-8-20)11-12-25(28(31)32)27(24)34-22-14-17-33-18-15-22;/h1-12,22,26,29-30H,13-19H2,(H,31,32);1H/t26-;/m0./s1. The molecule has 3 aromatic rings. The highest BCUT2D eigenvalue weighted by Crippen LogP contribution is 2.36. The van der Waals surface area contributed by atoms with Crippen LogP contribution in [0.4, 0.5) is 0 Å². The van der Waals surface area contributed by atoms with Gasteiger partial charge in [0, 0.05) is 24.9 Å². The van der Waals surface area contributed by atoms with Gasteiger partial charge in [-0.2, -0.15) is 0 Å². The zero-order valence-corrected chi connectivity index (χ0v) is 20.4. The van der Waals surface area contributed by atoms with Gasteiger partial charge in [0.25, 0.3) is 0 Å². The Bertz CT molecular complexity index is 1070. The Morgan fingerprint density at radius 2 is 1.66 bits per heavy atom. The second-order valence-corrected chi connectivity index (χ2v) is 8.45. The zero-order valence-electron chi connectivity index (χ0n) is 19.6. The highest BCUT2D eigenvalue weighted by molar-refractivity contribution is 5.93. The molecule has 1 atom stereocenters. The van der Waals surface area contributed by atoms with E-state index in [0.717, 1.165) is 35.1 Å². The molecule has 3 aromatic carbocycles. The molecule has 0 amide bonds. The van der Waals surface area contributed by atoms with Crippen LogP contribution in [0.15, 0.2) is 72.8 Å². The number of rotatable bonds is 10. The van der Waals surface area contributed by atoms with Gasteiger partial charge in [-0.15, -0.1) is 12.4 Å². The molecule has 7 heteroatoms. The molecule has 0 aliphatic carbocycles. The lowest BCUT2D eigenvalue weighted by atomic mass is 9.94. The Morgan fingerprint density at radius 3 is 2.31 bits per heavy atom. The van der Waals surface area contributed by atoms with Crippen LogP contribution in [0.5, 0.6) is 5.75 Å². The van der Waals surface area contributed by atoms with Crippen molar-refractivity contribution >= 4 is 18.4 Å². The van der Waals surface area contributed by atoms with E-state index < -0.39 is 12.1 Å². The van der Waals surface area contributed by atoms with Gasteiger partial charge in [-0.25, -0.2) is 4.79 Å². The smallest absolute Gasteiger partial charge is 0.339 e. The van der Waals surface area contributed by atoms with Crippen molar-refractivity contribution < 1.29 is 24.5 Å². The second-order valence-electron chi connectivity index (χ2n) is 8.45. The molecular formula is C28H32ClNO5. The summed E-state index contributed by atoms with van der Waals surface area (Å²) in [5, 5.41) is 23.7. The fraction of sp³-hybridized carbons (Fsp3) is 0.321. The van der Waals surface area contributed by atoms with Crippen molar-refractivity contribution in [2.45, 2.75) is 31.5 Å². The first-order valence-corrected chi connectivity index (χ1v) is 11.8. The summed E-state index contributed by atoms with van der Waals surface area (Å²) in [6.45, 7) is 2.19. The van der Waals surface area contributed by atoms with E-state index in [0.29, 0.717) is 38.5 Å². The highest BCUT2D eigenvalue weighted by Gasteiger charge is 2.24. The number of hydrogen-bond acceptors (Lipinski definition) is 5. The lowest BCUT2D eigenvalue weighted by molar-refractivity contribution is 0.0245. The Morgan fingerprint density at radius 1 is 1.00 bits per heavy atom. The Kier molecular flexibility index (Phi) is 10.1. The molecule has 186 valence electrons. The van der Waals surface area contributed by atoms with E-state index in [4.69, 9.17) is 9.47 Å². The molecule has 1 aliphatic heterocycles. The second kappa shape index (κ2) is 13.3. The van der Waals surface area contributed by atoms with Crippen LogP contribution in [0.1, 0.15) is 40.4 Å². The van der Waals surface area contributed by atoms with Crippen molar-refractivity contribution in [1.29, 1.82) is 0 Å². The number of aromatic carboxylic acids is 1. The summed E-state index contributed by atoms with van der Waals surface area (Å²) in [6, 6.07) is 23.0. The average Bonchev–Trinajstić information content (AvgIpc) is 2.88. The molecule has 1 heterocycles. The first kappa shape index (κ1) is 26.7. The number of ether oxygens (including phenoxy) is 2. The Labute approximate surface area is 212 Å². The van der Waals surface area contributed by atoms with Crippen molar-refractivity contribution in [3.8, 4) is 16.9 Å². The van der Waals surface area contributed by atoms with Crippen LogP contribution >= 0.6 is 12.4 Å². The van der Waals surface area contributed by atoms with Crippen LogP contribution in [-0.2, 0) is 11.2 Å². The topological polar surface area (TPSA) is 88.0 Å². The van der Waals surface area contributed by atoms with Crippen molar-refractivity contribution in [3.63, 3.8) is 0 Å². The quantitative estimate of drug-likeness (QED) is 0.345. The SMILES string of the molecule is Cl.O=C(O)c1ccc(-c2ccccc2)c(CCNC[C@H](O)c2ccccc2)c1OC1CCOCC1. The van der Waals surface area contributed by atoms with Gasteiger partial charge >= 0.3 is 5.97 Å². The summed E-state index contributed by atoms with van der Waals surface area (Å²) in [7, 11) is 0. The largest absolute Gasteiger partial charge is 0.489 e. The summed E-state index contributed by atoms with van der Waals surface area (Å²) < 4.78 is 11.8. The van der Waals surface area contributed by atoms with Gasteiger partial charge in [-0.3, -0.25) is 0 Å². The third kappa shape index (κ3) is 7.05. The molecule has 3 N–H and O–H groups in total. The first-order chi connectivity index (χ1) is 16.6. The zero-order chi connectivity index (χ0) is 23.8. The van der Waals surface area contributed by atoms with Crippen LogP contribution in [0.3, 0.4) is 0 Å². The third-order valence-electron chi connectivity index (χ3n) is 6.10. The molecule has 0 aromatic heterocycles. The molecule has 0 spiro atoms. The fourth-order valence-corrected chi connectivity index (χ4v) is 4.27. The maximum absolute atomic E-state index is 12.1. The monoisotopic (exact) mass is 497 g/mol. The summed E-state index contributed by atoms with van der Waals surface area (Å²) in [4.78, 5) is 12.1. The number of halogens is 1. The van der Waals surface area contributed by atoms with Crippen LogP contribution in [0.2, 0.25) is 0 Å². The molecule has 6 nitrogen and oxygen atoms in total. The van der Waals surface area contributed by atoms with E-state index in [1.165, 1.54) is 0 Å². The van der Waals surface area contributed by atoms with Crippen LogP contribution in [0, 0.1) is 0 Å². The molecule has 1 aliphatic rings. The van der Waals surface area contributed by atoms with Crippen LogP contribution in [0.25, 0.3) is 11.1 Å². The number of carboxylic acids is 1. The number of nitrogens with one attached hydrogen (secondary N) is 1. The van der Waals surface area contributed by atoms with Gasteiger partial charge in [0.05, 0.1) is 19.3 Å². The third-order valence-corrected chi connectivity index (χ3v) is 6.10. The van der Waals surface area contributed by atoms with E-state index >= 15 is 0 Å². The van der Waals surface area contributed by atoms with E-state index in [9.17, 15) is 15.0 Å². The summed E-state index contributed by atoms with van der Waals surface area (Å²) in [6.07, 6.45) is 1.33. The lowest BCUT2D eigenvalue weighted by Crippen LogP contribution is -2.28. The minimum absolute atomic E-state index is 0. The maximum atomic E-state index is 12.1. The number of carboxylic acid groups (broad SMARTS) is 1. The fourth-order valence-electron chi connectivity index (χ4n) is 4.27. The van der Waals surface area contributed by atoms with E-state index in [1.54, 1.807) is 6.07 Å². The number of aliphatic hydroxyl groups excluding tert-OH is 1. The van der Waals surface area contributed by atoms with Gasteiger partial charge < -0.3 is 25.0 Å². The minimum Gasteiger partial charge on any atom is -0.489 e. The van der Waals surface area contributed by atoms with E-state index in [-0.39, 0.29) is 24.1 Å². The average molecular weight is 498 g/mol. The number of benzene rings is 3. The van der Waals surface area contributed by atoms with Crippen molar-refractivity contribution in [2.75, 3.05) is 26.3 Å². The Balaban J connectivity index is 0.00000342. The van der Waals surface area contributed by atoms with Crippen LogP contribution in [-0.4, -0.2) is 48.6 Å². The van der Waals surface area contributed by atoms with Crippen molar-refractivity contribution in [3.05, 3.63) is 89.5 Å². The first-order valence-electron chi connectivity index (χ1n) is 11.8. The summed E-state index contributed by atoms with van der Waals surface area (Å²) in [5.74, 6) is -0.568. The molecule has 0 saturated carbocycles. The molecular weight excluding hydrogens is 466 g/mol. The molecule has 0 unspecified atom stereocenters. The van der Waals surface area contributed by atoms with Crippen LogP contribution < -0.4 is 10.1 Å². The molecule has 4 rings (SSSR count). The van der Waals surface area contributed by atoms with E-state index in [2.05, 4.69) is 5.32 Å². The minimum atomic E-state index is -1.00. The van der Waals surface area contributed by atoms with Crippen molar-refractivity contribution in [2.24, 2.45) is 0 Å². The number of carbonyl (C=O) groups is 1. The molecule has 35 heavy (non-hydrogen) atoms. The van der Waals surface area contributed by atoms with Gasteiger partial charge in [-0.05, 0) is 35.7 Å². The van der Waals surface area contributed by atoms with Gasteiger partial charge in [-0.1, -0.05) is 66.7 Å². The van der Waals surface area contributed by atoms with Gasteiger partial charge in [0.2, 0.25) is 0 Å². The molecule has 1 saturated heterocycles. The lowest BCUT2D eigenvalue weighted by Gasteiger charge is -2.26. The number of hydrogen-bond donors (Lipinski definition) is 3. The number of aliphatic hydroxyl groups is 1. The Hall–Kier alpha value is -2.90. The van der Waals surface area contributed by atoms with E-state index in [1.807, 2.05) is 66.7 Å². The predicted molar refractivity (Wildman–Crippen MR) is 139 cm³/mol. The summed E-state index contributed by atoms with van der Waals surface area (Å²) >= 11 is 0. The van der Waals surface area contributed by atoms with Gasteiger partial charge in [0.15, 0.2) is 0 Å². The van der Waals surface area contributed by atoms with Gasteiger partial charge in [0.1, 0.15) is 17.4 Å². The maximum Gasteiger partial charge on any atom is 0.339 e.